The molecule has 4 nitrogen and oxygen atoms in total. The zero-order valence-electron chi connectivity index (χ0n) is 12.5. The molecule has 0 spiro atoms. The van der Waals surface area contributed by atoms with Gasteiger partial charge < -0.3 is 14.6 Å². The molecule has 0 fully saturated rings. The summed E-state index contributed by atoms with van der Waals surface area (Å²) in [5, 5.41) is 3.51. The first kappa shape index (κ1) is 14.6. The average Bonchev–Trinajstić information content (AvgIpc) is 2.92. The van der Waals surface area contributed by atoms with Crippen LogP contribution < -0.4 is 10.1 Å². The van der Waals surface area contributed by atoms with Gasteiger partial charge in [0.1, 0.15) is 11.6 Å². The summed E-state index contributed by atoms with van der Waals surface area (Å²) in [7, 11) is 1.68. The number of nitrogens with zero attached hydrogens (tertiary/aromatic N) is 2. The Kier molecular flexibility index (Phi) is 5.18. The van der Waals surface area contributed by atoms with E-state index < -0.39 is 0 Å². The summed E-state index contributed by atoms with van der Waals surface area (Å²) in [6.07, 6.45) is 5.03. The van der Waals surface area contributed by atoms with Crippen molar-refractivity contribution < 1.29 is 4.74 Å². The van der Waals surface area contributed by atoms with Crippen molar-refractivity contribution in [1.29, 1.82) is 0 Å². The third-order valence-corrected chi connectivity index (χ3v) is 3.45. The van der Waals surface area contributed by atoms with Crippen molar-refractivity contribution in [2.45, 2.75) is 39.4 Å². The van der Waals surface area contributed by atoms with E-state index in [4.69, 9.17) is 4.74 Å². The number of nitrogens with one attached hydrogen (secondary N) is 1. The predicted molar refractivity (Wildman–Crippen MR) is 80.8 cm³/mol. The molecule has 1 aromatic carbocycles. The Morgan fingerprint density at radius 1 is 1.30 bits per heavy atom. The van der Waals surface area contributed by atoms with E-state index in [0.29, 0.717) is 0 Å². The maximum absolute atomic E-state index is 5.18. The molecule has 0 aliphatic carbocycles. The summed E-state index contributed by atoms with van der Waals surface area (Å²) in [6, 6.07) is 8.45. The Hall–Kier alpha value is -1.81. The highest BCUT2D eigenvalue weighted by molar-refractivity contribution is 5.28. The first-order chi connectivity index (χ1) is 9.74. The minimum Gasteiger partial charge on any atom is -0.497 e. The summed E-state index contributed by atoms with van der Waals surface area (Å²) in [5.74, 6) is 1.98. The van der Waals surface area contributed by atoms with Crippen LogP contribution >= 0.6 is 0 Å². The minimum absolute atomic E-state index is 0.285. The number of hydrogen-bond donors (Lipinski definition) is 1. The highest BCUT2D eigenvalue weighted by Crippen LogP contribution is 2.17. The fourth-order valence-electron chi connectivity index (χ4n) is 2.21. The molecule has 1 atom stereocenters. The number of rotatable bonds is 7. The quantitative estimate of drug-likeness (QED) is 0.842. The molecule has 2 rings (SSSR count). The van der Waals surface area contributed by atoms with E-state index in [-0.39, 0.29) is 6.04 Å². The Balaban J connectivity index is 1.93. The number of methoxy groups -OCH3 is 1. The number of benzene rings is 1. The first-order valence-corrected chi connectivity index (χ1v) is 7.12. The lowest BCUT2D eigenvalue weighted by Crippen LogP contribution is -2.20. The maximum Gasteiger partial charge on any atom is 0.122 e. The largest absolute Gasteiger partial charge is 0.497 e. The smallest absolute Gasteiger partial charge is 0.122 e. The molecule has 1 N–H and O–H groups in total. The lowest BCUT2D eigenvalue weighted by molar-refractivity contribution is 0.414. The second-order valence-electron chi connectivity index (χ2n) is 4.91. The second kappa shape index (κ2) is 7.10. The molecule has 1 heterocycles. The third kappa shape index (κ3) is 3.61. The summed E-state index contributed by atoms with van der Waals surface area (Å²) < 4.78 is 7.38. The maximum atomic E-state index is 5.18. The van der Waals surface area contributed by atoms with Gasteiger partial charge in [-0.2, -0.15) is 0 Å². The van der Waals surface area contributed by atoms with Gasteiger partial charge in [-0.05, 0) is 31.0 Å². The van der Waals surface area contributed by atoms with Crippen LogP contribution in [-0.4, -0.2) is 16.7 Å². The van der Waals surface area contributed by atoms with Crippen LogP contribution in [0.25, 0.3) is 0 Å². The number of aromatic nitrogens is 2. The molecule has 0 unspecified atom stereocenters. The Morgan fingerprint density at radius 3 is 2.70 bits per heavy atom. The van der Waals surface area contributed by atoms with Crippen LogP contribution in [0.2, 0.25) is 0 Å². The first-order valence-electron chi connectivity index (χ1n) is 7.12. The summed E-state index contributed by atoms with van der Waals surface area (Å²) >= 11 is 0. The van der Waals surface area contributed by atoms with E-state index in [1.165, 1.54) is 5.56 Å². The topological polar surface area (TPSA) is 39.1 Å². The van der Waals surface area contributed by atoms with Gasteiger partial charge in [0.05, 0.1) is 13.7 Å². The molecule has 4 heteroatoms. The molecule has 0 amide bonds. The van der Waals surface area contributed by atoms with Crippen LogP contribution in [0.5, 0.6) is 5.75 Å². The molecular formula is C16H23N3O. The van der Waals surface area contributed by atoms with Gasteiger partial charge in [0.2, 0.25) is 0 Å². The van der Waals surface area contributed by atoms with Crippen LogP contribution in [0, 0.1) is 0 Å². The van der Waals surface area contributed by atoms with E-state index in [0.717, 1.165) is 31.1 Å². The van der Waals surface area contributed by atoms with Gasteiger partial charge in [0.25, 0.3) is 0 Å². The number of aryl methyl sites for hydroxylation is 1. The van der Waals surface area contributed by atoms with Crippen molar-refractivity contribution in [3.63, 3.8) is 0 Å². The lowest BCUT2D eigenvalue weighted by atomic mass is 10.1. The average molecular weight is 273 g/mol. The molecule has 0 radical (unpaired) electrons. The van der Waals surface area contributed by atoms with Crippen LogP contribution in [0.15, 0.2) is 36.7 Å². The molecule has 108 valence electrons. The van der Waals surface area contributed by atoms with Gasteiger partial charge in [-0.1, -0.05) is 19.1 Å². The van der Waals surface area contributed by atoms with E-state index >= 15 is 0 Å². The molecule has 1 aromatic heterocycles. The Bertz CT molecular complexity index is 519. The highest BCUT2D eigenvalue weighted by atomic mass is 16.5. The molecule has 0 saturated heterocycles. The van der Waals surface area contributed by atoms with Crippen molar-refractivity contribution in [1.82, 2.24) is 14.9 Å². The zero-order chi connectivity index (χ0) is 14.4. The fourth-order valence-corrected chi connectivity index (χ4v) is 2.21. The molecule has 20 heavy (non-hydrogen) atoms. The van der Waals surface area contributed by atoms with Gasteiger partial charge in [-0.3, -0.25) is 0 Å². The molecule has 0 aliphatic rings. The molecule has 0 saturated carbocycles. The normalized spacial score (nSPS) is 12.3. The summed E-state index contributed by atoms with van der Waals surface area (Å²) in [5.41, 5.74) is 1.25. The third-order valence-electron chi connectivity index (χ3n) is 3.45. The van der Waals surface area contributed by atoms with E-state index in [1.54, 1.807) is 7.11 Å². The highest BCUT2D eigenvalue weighted by Gasteiger charge is 2.07. The number of imidazole rings is 1. The van der Waals surface area contributed by atoms with E-state index in [9.17, 15) is 0 Å². The van der Waals surface area contributed by atoms with Gasteiger partial charge in [0.15, 0.2) is 0 Å². The predicted octanol–water partition coefficient (Wildman–Crippen LogP) is 3.15. The molecule has 0 bridgehead atoms. The number of hydrogen-bond acceptors (Lipinski definition) is 3. The second-order valence-corrected chi connectivity index (χ2v) is 4.91. The minimum atomic E-state index is 0.285. The van der Waals surface area contributed by atoms with Crippen LogP contribution in [0.1, 0.15) is 37.7 Å². The van der Waals surface area contributed by atoms with Gasteiger partial charge in [0, 0.05) is 25.0 Å². The summed E-state index contributed by atoms with van der Waals surface area (Å²) in [6.45, 7) is 6.14. The van der Waals surface area contributed by atoms with Crippen LogP contribution in [-0.2, 0) is 13.1 Å². The van der Waals surface area contributed by atoms with Crippen molar-refractivity contribution >= 4 is 0 Å². The fraction of sp³-hybridized carbons (Fsp3) is 0.438. The van der Waals surface area contributed by atoms with E-state index in [1.807, 2.05) is 24.5 Å². The van der Waals surface area contributed by atoms with Gasteiger partial charge in [-0.25, -0.2) is 4.98 Å². The number of ether oxygens (including phenoxy) is 1. The molecule has 2 aromatic rings. The van der Waals surface area contributed by atoms with Gasteiger partial charge >= 0.3 is 0 Å². The lowest BCUT2D eigenvalue weighted by Gasteiger charge is -2.15. The van der Waals surface area contributed by atoms with Crippen LogP contribution in [0.4, 0.5) is 0 Å². The van der Waals surface area contributed by atoms with Crippen molar-refractivity contribution in [2.75, 3.05) is 7.11 Å². The van der Waals surface area contributed by atoms with Crippen LogP contribution in [0.3, 0.4) is 0 Å². The SMILES string of the molecule is CCCn1ccnc1CN[C@@H](C)c1ccc(OC)cc1. The van der Waals surface area contributed by atoms with Crippen molar-refractivity contribution in [3.8, 4) is 5.75 Å². The molecular weight excluding hydrogens is 250 g/mol. The zero-order valence-corrected chi connectivity index (χ0v) is 12.5. The van der Waals surface area contributed by atoms with Crippen molar-refractivity contribution in [2.24, 2.45) is 0 Å². The summed E-state index contributed by atoms with van der Waals surface area (Å²) in [4.78, 5) is 4.41. The van der Waals surface area contributed by atoms with Gasteiger partial charge in [-0.15, -0.1) is 0 Å². The van der Waals surface area contributed by atoms with Crippen molar-refractivity contribution in [3.05, 3.63) is 48.0 Å². The molecule has 0 aliphatic heterocycles. The monoisotopic (exact) mass is 273 g/mol. The Morgan fingerprint density at radius 2 is 2.05 bits per heavy atom. The van der Waals surface area contributed by atoms with E-state index in [2.05, 4.69) is 40.8 Å². The Labute approximate surface area is 120 Å². The standard InChI is InChI=1S/C16H23N3O/c1-4-10-19-11-9-17-16(19)12-18-13(2)14-5-7-15(20-3)8-6-14/h5-9,11,13,18H,4,10,12H2,1-3H3/t13-/m0/s1.